The fraction of sp³-hybridized carbons (Fsp3) is 0.100. The van der Waals surface area contributed by atoms with E-state index in [1.54, 1.807) is 42.1 Å². The molecule has 0 unspecified atom stereocenters. The minimum absolute atomic E-state index is 0.281. The van der Waals surface area contributed by atoms with Crippen LogP contribution < -0.4 is 4.74 Å². The highest BCUT2D eigenvalue weighted by Gasteiger charge is 2.09. The third kappa shape index (κ3) is 1.21. The van der Waals surface area contributed by atoms with Crippen LogP contribution in [0.3, 0.4) is 0 Å². The molecule has 2 aromatic rings. The molecular weight excluding hydrogens is 182 g/mol. The van der Waals surface area contributed by atoms with Gasteiger partial charge in [-0.2, -0.15) is 0 Å². The summed E-state index contributed by atoms with van der Waals surface area (Å²) in [5, 5.41) is 8.88. The van der Waals surface area contributed by atoms with Crippen LogP contribution in [0.2, 0.25) is 0 Å². The second-order valence-corrected chi connectivity index (χ2v) is 2.89. The summed E-state index contributed by atoms with van der Waals surface area (Å²) in [6.07, 6.45) is 3.47. The first-order valence-electron chi connectivity index (χ1n) is 4.10. The van der Waals surface area contributed by atoms with Gasteiger partial charge in [-0.15, -0.1) is 0 Å². The van der Waals surface area contributed by atoms with Crippen LogP contribution in [0.5, 0.6) is 5.75 Å². The molecule has 2 rings (SSSR count). The minimum Gasteiger partial charge on any atom is -0.497 e. The standard InChI is InChI=1S/C10H9NO3/c1-14-7-2-4-11-5-3-8(10(12)13)9(11)6-7/h2-6H,1H3,(H,12,13). The van der Waals surface area contributed by atoms with Crippen molar-refractivity contribution in [3.8, 4) is 5.75 Å². The summed E-state index contributed by atoms with van der Waals surface area (Å²) in [5.74, 6) is -0.278. The molecule has 0 amide bonds. The molecule has 0 atom stereocenters. The van der Waals surface area contributed by atoms with E-state index in [1.807, 2.05) is 0 Å². The molecule has 0 bridgehead atoms. The van der Waals surface area contributed by atoms with Crippen molar-refractivity contribution in [1.82, 2.24) is 4.40 Å². The Hall–Kier alpha value is -1.97. The van der Waals surface area contributed by atoms with Crippen LogP contribution in [0.1, 0.15) is 10.4 Å². The van der Waals surface area contributed by atoms with Gasteiger partial charge in [0, 0.05) is 18.5 Å². The molecule has 0 radical (unpaired) electrons. The van der Waals surface area contributed by atoms with Crippen molar-refractivity contribution in [1.29, 1.82) is 0 Å². The molecule has 0 aliphatic rings. The summed E-state index contributed by atoms with van der Waals surface area (Å²) >= 11 is 0. The van der Waals surface area contributed by atoms with Gasteiger partial charge in [0.15, 0.2) is 0 Å². The molecule has 0 aliphatic carbocycles. The number of methoxy groups -OCH3 is 1. The number of aromatic nitrogens is 1. The Balaban J connectivity index is 2.69. The highest BCUT2D eigenvalue weighted by Crippen LogP contribution is 2.18. The number of nitrogens with zero attached hydrogens (tertiary/aromatic N) is 1. The average molecular weight is 191 g/mol. The highest BCUT2D eigenvalue weighted by atomic mass is 16.5. The second-order valence-electron chi connectivity index (χ2n) is 2.89. The van der Waals surface area contributed by atoms with Gasteiger partial charge in [-0.3, -0.25) is 0 Å². The molecule has 0 spiro atoms. The van der Waals surface area contributed by atoms with Crippen molar-refractivity contribution in [2.45, 2.75) is 0 Å². The predicted octanol–water partition coefficient (Wildman–Crippen LogP) is 1.65. The number of carboxylic acid groups (broad SMARTS) is 1. The molecular formula is C10H9NO3. The second kappa shape index (κ2) is 3.06. The van der Waals surface area contributed by atoms with Crippen LogP contribution >= 0.6 is 0 Å². The van der Waals surface area contributed by atoms with Crippen LogP contribution in [-0.2, 0) is 0 Å². The van der Waals surface area contributed by atoms with Crippen LogP contribution in [0.15, 0.2) is 30.6 Å². The molecule has 14 heavy (non-hydrogen) atoms. The smallest absolute Gasteiger partial charge is 0.337 e. The summed E-state index contributed by atoms with van der Waals surface area (Å²) in [6.45, 7) is 0. The van der Waals surface area contributed by atoms with Crippen molar-refractivity contribution >= 4 is 11.5 Å². The molecule has 4 nitrogen and oxygen atoms in total. The van der Waals surface area contributed by atoms with E-state index in [0.29, 0.717) is 11.3 Å². The van der Waals surface area contributed by atoms with E-state index in [1.165, 1.54) is 0 Å². The summed E-state index contributed by atoms with van der Waals surface area (Å²) < 4.78 is 6.76. The Morgan fingerprint density at radius 1 is 1.43 bits per heavy atom. The molecule has 0 aliphatic heterocycles. The van der Waals surface area contributed by atoms with Gasteiger partial charge in [-0.1, -0.05) is 0 Å². The molecule has 0 saturated carbocycles. The minimum atomic E-state index is -0.930. The Morgan fingerprint density at radius 2 is 2.14 bits per heavy atom. The fourth-order valence-electron chi connectivity index (χ4n) is 1.39. The van der Waals surface area contributed by atoms with Gasteiger partial charge >= 0.3 is 5.97 Å². The Bertz CT molecular complexity index is 487. The van der Waals surface area contributed by atoms with E-state index >= 15 is 0 Å². The van der Waals surface area contributed by atoms with Crippen molar-refractivity contribution in [2.24, 2.45) is 0 Å². The maximum absolute atomic E-state index is 10.8. The Kier molecular flexibility index (Phi) is 1.89. The van der Waals surface area contributed by atoms with Gasteiger partial charge in [0.2, 0.25) is 0 Å². The number of pyridine rings is 1. The first-order chi connectivity index (χ1) is 6.72. The van der Waals surface area contributed by atoms with Crippen molar-refractivity contribution in [3.05, 3.63) is 36.2 Å². The number of carboxylic acids is 1. The van der Waals surface area contributed by atoms with Gasteiger partial charge in [0.1, 0.15) is 5.75 Å². The quantitative estimate of drug-likeness (QED) is 0.785. The highest BCUT2D eigenvalue weighted by molar-refractivity contribution is 5.96. The molecule has 0 saturated heterocycles. The van der Waals surface area contributed by atoms with E-state index in [2.05, 4.69) is 0 Å². The topological polar surface area (TPSA) is 50.9 Å². The lowest BCUT2D eigenvalue weighted by atomic mass is 10.2. The van der Waals surface area contributed by atoms with Crippen molar-refractivity contribution in [3.63, 3.8) is 0 Å². The largest absolute Gasteiger partial charge is 0.497 e. The molecule has 1 N–H and O–H groups in total. The van der Waals surface area contributed by atoms with Gasteiger partial charge in [-0.05, 0) is 12.1 Å². The van der Waals surface area contributed by atoms with E-state index in [0.717, 1.165) is 0 Å². The first kappa shape index (κ1) is 8.62. The lowest BCUT2D eigenvalue weighted by Gasteiger charge is -2.01. The monoisotopic (exact) mass is 191 g/mol. The lowest BCUT2D eigenvalue weighted by molar-refractivity contribution is 0.0699. The van der Waals surface area contributed by atoms with Crippen molar-refractivity contribution in [2.75, 3.05) is 7.11 Å². The fourth-order valence-corrected chi connectivity index (χ4v) is 1.39. The number of hydrogen-bond acceptors (Lipinski definition) is 2. The van der Waals surface area contributed by atoms with Gasteiger partial charge in [-0.25, -0.2) is 4.79 Å². The van der Waals surface area contributed by atoms with Crippen molar-refractivity contribution < 1.29 is 14.6 Å². The number of carbonyl (C=O) groups is 1. The molecule has 2 heterocycles. The lowest BCUT2D eigenvalue weighted by Crippen LogP contribution is -1.95. The van der Waals surface area contributed by atoms with Crippen LogP contribution in [-0.4, -0.2) is 22.6 Å². The van der Waals surface area contributed by atoms with Gasteiger partial charge < -0.3 is 14.2 Å². The molecule has 2 aromatic heterocycles. The van der Waals surface area contributed by atoms with E-state index in [-0.39, 0.29) is 5.56 Å². The maximum Gasteiger partial charge on any atom is 0.337 e. The summed E-state index contributed by atoms with van der Waals surface area (Å²) in [6, 6.07) is 5.04. The number of fused-ring (bicyclic) bond motifs is 1. The van der Waals surface area contributed by atoms with Crippen LogP contribution in [0, 0.1) is 0 Å². The summed E-state index contributed by atoms with van der Waals surface area (Å²) in [5.41, 5.74) is 0.917. The molecule has 0 fully saturated rings. The molecule has 72 valence electrons. The normalized spacial score (nSPS) is 10.4. The van der Waals surface area contributed by atoms with Crippen LogP contribution in [0.4, 0.5) is 0 Å². The van der Waals surface area contributed by atoms with Crippen LogP contribution in [0.25, 0.3) is 5.52 Å². The van der Waals surface area contributed by atoms with Gasteiger partial charge in [0.25, 0.3) is 0 Å². The zero-order chi connectivity index (χ0) is 10.1. The zero-order valence-electron chi connectivity index (χ0n) is 7.60. The molecule has 0 aromatic carbocycles. The SMILES string of the molecule is COc1ccn2ccc(C(=O)O)c2c1. The predicted molar refractivity (Wildman–Crippen MR) is 50.9 cm³/mol. The third-order valence-corrected chi connectivity index (χ3v) is 2.10. The van der Waals surface area contributed by atoms with E-state index in [4.69, 9.17) is 9.84 Å². The third-order valence-electron chi connectivity index (χ3n) is 2.10. The Labute approximate surface area is 80.3 Å². The van der Waals surface area contributed by atoms with E-state index in [9.17, 15) is 4.79 Å². The number of aromatic carboxylic acids is 1. The summed E-state index contributed by atoms with van der Waals surface area (Å²) in [7, 11) is 1.55. The Morgan fingerprint density at radius 3 is 2.79 bits per heavy atom. The zero-order valence-corrected chi connectivity index (χ0v) is 7.60. The average Bonchev–Trinajstić information content (AvgIpc) is 2.59. The van der Waals surface area contributed by atoms with Gasteiger partial charge in [0.05, 0.1) is 18.2 Å². The maximum atomic E-state index is 10.8. The number of rotatable bonds is 2. The molecule has 4 heteroatoms. The first-order valence-corrected chi connectivity index (χ1v) is 4.10. The van der Waals surface area contributed by atoms with E-state index < -0.39 is 5.97 Å². The number of hydrogen-bond donors (Lipinski definition) is 1. The summed E-state index contributed by atoms with van der Waals surface area (Å²) in [4.78, 5) is 10.8. The number of ether oxygens (including phenoxy) is 1.